The zero-order chi connectivity index (χ0) is 8.72. The normalized spacial score (nSPS) is 33.0. The van der Waals surface area contributed by atoms with Crippen LogP contribution in [-0.2, 0) is 4.79 Å². The molecule has 0 bridgehead atoms. The quantitative estimate of drug-likeness (QED) is 0.478. The van der Waals surface area contributed by atoms with Gasteiger partial charge in [-0.25, -0.2) is 4.99 Å². The van der Waals surface area contributed by atoms with Crippen LogP contribution in [0, 0.1) is 0 Å². The summed E-state index contributed by atoms with van der Waals surface area (Å²) in [6.45, 7) is 0. The molecule has 1 saturated heterocycles. The van der Waals surface area contributed by atoms with Gasteiger partial charge in [0.2, 0.25) is 0 Å². The van der Waals surface area contributed by atoms with E-state index in [1.54, 1.807) is 4.90 Å². The Morgan fingerprint density at radius 1 is 1.75 bits per heavy atom. The van der Waals surface area contributed by atoms with Gasteiger partial charge in [-0.1, -0.05) is 0 Å². The van der Waals surface area contributed by atoms with Gasteiger partial charge in [-0.05, 0) is 0 Å². The first-order chi connectivity index (χ1) is 5.70. The zero-order valence-electron chi connectivity index (χ0n) is 6.43. The number of amidine groups is 1. The van der Waals surface area contributed by atoms with Crippen LogP contribution in [0.3, 0.4) is 0 Å². The molecule has 0 unspecified atom stereocenters. The fourth-order valence-corrected chi connectivity index (χ4v) is 1.44. The number of hydrogen-bond donors (Lipinski definition) is 2. The molecule has 2 atom stereocenters. The van der Waals surface area contributed by atoms with Crippen molar-refractivity contribution in [2.75, 3.05) is 7.05 Å². The Morgan fingerprint density at radius 3 is 3.25 bits per heavy atom. The van der Waals surface area contributed by atoms with E-state index in [9.17, 15) is 4.79 Å². The number of carbonyl (C=O) groups excluding carboxylic acids is 1. The molecule has 2 rings (SSSR count). The number of amides is 1. The number of rotatable bonds is 0. The van der Waals surface area contributed by atoms with Gasteiger partial charge < -0.3 is 10.2 Å². The van der Waals surface area contributed by atoms with Crippen LogP contribution in [0.25, 0.3) is 0 Å². The third-order valence-corrected chi connectivity index (χ3v) is 2.37. The van der Waals surface area contributed by atoms with Gasteiger partial charge in [0.25, 0.3) is 5.91 Å². The largest absolute Gasteiger partial charge is 0.332 e. The van der Waals surface area contributed by atoms with E-state index in [1.807, 2.05) is 7.05 Å². The Bertz CT molecular complexity index is 287. The maximum absolute atomic E-state index is 11.3. The summed E-state index contributed by atoms with van der Waals surface area (Å²) in [4.78, 5) is 20.9. The molecule has 0 saturated carbocycles. The van der Waals surface area contributed by atoms with Crippen molar-refractivity contribution < 1.29 is 4.79 Å². The Kier molecular flexibility index (Phi) is 1.57. The second-order valence-electron chi connectivity index (χ2n) is 2.65. The van der Waals surface area contributed by atoms with Crippen molar-refractivity contribution in [1.82, 2.24) is 10.2 Å². The van der Waals surface area contributed by atoms with Gasteiger partial charge in [0.05, 0.1) is 0 Å². The molecule has 1 amide bonds. The summed E-state index contributed by atoms with van der Waals surface area (Å²) in [6, 6.07) is -0.460. The smallest absolute Gasteiger partial charge is 0.254 e. The summed E-state index contributed by atoms with van der Waals surface area (Å²) in [5, 5.41) is 2.66. The Hall–Kier alpha value is -1.04. The highest BCUT2D eigenvalue weighted by Crippen LogP contribution is 2.14. The highest BCUT2D eigenvalue weighted by Gasteiger charge is 2.36. The second-order valence-corrected chi connectivity index (χ2v) is 3.14. The Balaban J connectivity index is 2.31. The fraction of sp³-hybridized carbons (Fsp3) is 0.500. The number of hydrogen-bond acceptors (Lipinski definition) is 5. The minimum atomic E-state index is -0.460. The van der Waals surface area contributed by atoms with Gasteiger partial charge >= 0.3 is 0 Å². The van der Waals surface area contributed by atoms with Crippen LogP contribution < -0.4 is 5.32 Å². The average molecular weight is 184 g/mol. The van der Waals surface area contributed by atoms with Crippen LogP contribution in [0.4, 0.5) is 0 Å². The van der Waals surface area contributed by atoms with Crippen molar-refractivity contribution in [3.05, 3.63) is 0 Å². The van der Waals surface area contributed by atoms with Gasteiger partial charge in [0, 0.05) is 7.05 Å². The SMILES string of the molecule is CN1C2=NC=N[C@@H]2C(=O)N[C@H]1S. The van der Waals surface area contributed by atoms with E-state index < -0.39 is 6.04 Å². The fourth-order valence-electron chi connectivity index (χ4n) is 1.19. The van der Waals surface area contributed by atoms with E-state index in [0.29, 0.717) is 5.84 Å². The van der Waals surface area contributed by atoms with Crippen molar-refractivity contribution in [2.45, 2.75) is 11.5 Å². The minimum absolute atomic E-state index is 0.138. The molecule has 1 fully saturated rings. The third-order valence-electron chi connectivity index (χ3n) is 1.90. The molecule has 1 N–H and O–H groups in total. The number of fused-ring (bicyclic) bond motifs is 1. The molecule has 0 aromatic rings. The monoisotopic (exact) mass is 184 g/mol. The van der Waals surface area contributed by atoms with Crippen LogP contribution in [0.2, 0.25) is 0 Å². The number of thiol groups is 1. The third kappa shape index (κ3) is 0.911. The molecule has 0 aromatic carbocycles. The molecule has 0 radical (unpaired) electrons. The molecular weight excluding hydrogens is 176 g/mol. The lowest BCUT2D eigenvalue weighted by atomic mass is 10.2. The highest BCUT2D eigenvalue weighted by molar-refractivity contribution is 7.80. The van der Waals surface area contributed by atoms with E-state index in [2.05, 4.69) is 27.9 Å². The van der Waals surface area contributed by atoms with Gasteiger partial charge in [-0.2, -0.15) is 0 Å². The summed E-state index contributed by atoms with van der Waals surface area (Å²) in [6.07, 6.45) is 1.40. The first-order valence-electron chi connectivity index (χ1n) is 3.51. The first kappa shape index (κ1) is 7.60. The lowest BCUT2D eigenvalue weighted by Gasteiger charge is -2.33. The standard InChI is InChI=1S/C6H8N4OS/c1-10-4-3(7-2-8-4)5(11)9-6(10)12/h2-3,6,12H,1H3,(H,9,11)/t3-,6+/m0/s1. The number of nitrogens with one attached hydrogen (secondary N) is 1. The molecule has 64 valence electrons. The van der Waals surface area contributed by atoms with Crippen molar-refractivity contribution in [3.63, 3.8) is 0 Å². The van der Waals surface area contributed by atoms with Gasteiger partial charge in [-0.15, -0.1) is 12.6 Å². The second kappa shape index (κ2) is 2.48. The molecule has 0 aromatic heterocycles. The average Bonchev–Trinajstić information content (AvgIpc) is 2.48. The van der Waals surface area contributed by atoms with E-state index in [0.717, 1.165) is 0 Å². The van der Waals surface area contributed by atoms with E-state index >= 15 is 0 Å². The molecule has 5 nitrogen and oxygen atoms in total. The van der Waals surface area contributed by atoms with Crippen molar-refractivity contribution in [1.29, 1.82) is 0 Å². The van der Waals surface area contributed by atoms with Crippen LogP contribution in [0.1, 0.15) is 0 Å². The van der Waals surface area contributed by atoms with Crippen molar-refractivity contribution in [3.8, 4) is 0 Å². The summed E-state index contributed by atoms with van der Waals surface area (Å²) in [7, 11) is 1.82. The molecule has 2 heterocycles. The number of aliphatic imine (C=N–C) groups is 2. The lowest BCUT2D eigenvalue weighted by molar-refractivity contribution is -0.122. The van der Waals surface area contributed by atoms with Crippen molar-refractivity contribution in [2.24, 2.45) is 9.98 Å². The van der Waals surface area contributed by atoms with Gasteiger partial charge in [0.15, 0.2) is 6.04 Å². The molecule has 12 heavy (non-hydrogen) atoms. The molecular formula is C6H8N4OS. The summed E-state index contributed by atoms with van der Waals surface area (Å²) in [5.41, 5.74) is -0.297. The summed E-state index contributed by atoms with van der Waals surface area (Å²) >= 11 is 4.15. The first-order valence-corrected chi connectivity index (χ1v) is 4.02. The molecule has 2 aliphatic rings. The van der Waals surface area contributed by atoms with Crippen molar-refractivity contribution >= 4 is 30.7 Å². The van der Waals surface area contributed by atoms with Crippen LogP contribution >= 0.6 is 12.6 Å². The maximum atomic E-state index is 11.3. The van der Waals surface area contributed by atoms with Gasteiger partial charge in [0.1, 0.15) is 17.7 Å². The van der Waals surface area contributed by atoms with Crippen LogP contribution in [0.15, 0.2) is 9.98 Å². The Morgan fingerprint density at radius 2 is 2.50 bits per heavy atom. The van der Waals surface area contributed by atoms with Gasteiger partial charge in [-0.3, -0.25) is 9.79 Å². The molecule has 2 aliphatic heterocycles. The summed E-state index contributed by atoms with van der Waals surface area (Å²) in [5.74, 6) is 0.527. The zero-order valence-corrected chi connectivity index (χ0v) is 7.32. The molecule has 6 heteroatoms. The number of likely N-dealkylation sites (N-methyl/N-ethyl adjacent to an activating group) is 1. The predicted octanol–water partition coefficient (Wildman–Crippen LogP) is -0.930. The van der Waals surface area contributed by atoms with Crippen LogP contribution in [0.5, 0.6) is 0 Å². The highest BCUT2D eigenvalue weighted by atomic mass is 32.1. The van der Waals surface area contributed by atoms with E-state index in [1.165, 1.54) is 6.34 Å². The predicted molar refractivity (Wildman–Crippen MR) is 48.4 cm³/mol. The lowest BCUT2D eigenvalue weighted by Crippen LogP contribution is -2.58. The maximum Gasteiger partial charge on any atom is 0.254 e. The molecule has 0 spiro atoms. The minimum Gasteiger partial charge on any atom is -0.332 e. The summed E-state index contributed by atoms with van der Waals surface area (Å²) < 4.78 is 0. The van der Waals surface area contributed by atoms with Crippen LogP contribution in [-0.4, -0.2) is 41.6 Å². The Labute approximate surface area is 75.0 Å². The van der Waals surface area contributed by atoms with E-state index in [4.69, 9.17) is 0 Å². The topological polar surface area (TPSA) is 57.1 Å². The number of nitrogens with zero attached hydrogens (tertiary/aromatic N) is 3. The number of carbonyl (C=O) groups is 1. The molecule has 0 aliphatic carbocycles. The van der Waals surface area contributed by atoms with E-state index in [-0.39, 0.29) is 11.4 Å².